The molecular weight excluding hydrogens is 318 g/mol. The van der Waals surface area contributed by atoms with Gasteiger partial charge in [0.15, 0.2) is 11.5 Å². The van der Waals surface area contributed by atoms with Crippen LogP contribution in [-0.4, -0.2) is 37.3 Å². The molecule has 1 fully saturated rings. The summed E-state index contributed by atoms with van der Waals surface area (Å²) in [6.07, 6.45) is 10.0. The molecule has 3 aliphatic heterocycles. The molecule has 5 heteroatoms. The quantitative estimate of drug-likeness (QED) is 0.729. The van der Waals surface area contributed by atoms with E-state index >= 15 is 0 Å². The molecule has 0 bridgehead atoms. The van der Waals surface area contributed by atoms with E-state index in [0.717, 1.165) is 11.1 Å². The molecule has 2 unspecified atom stereocenters. The first-order valence-corrected chi connectivity index (χ1v) is 8.61. The number of hydrogen-bond donors (Lipinski definition) is 0. The lowest BCUT2D eigenvalue weighted by atomic mass is 9.75. The number of likely N-dealkylation sites (tertiary alicyclic amines) is 1. The molecular formula is C20H21NO4. The summed E-state index contributed by atoms with van der Waals surface area (Å²) < 4.78 is 16.8. The van der Waals surface area contributed by atoms with Crippen molar-refractivity contribution in [3.8, 4) is 17.2 Å². The van der Waals surface area contributed by atoms with Crippen molar-refractivity contribution in [1.82, 2.24) is 4.90 Å². The summed E-state index contributed by atoms with van der Waals surface area (Å²) in [5.41, 5.74) is 1.15. The minimum atomic E-state index is -0.769. The van der Waals surface area contributed by atoms with E-state index in [-0.39, 0.29) is 18.7 Å². The number of likely N-dealkylation sites (N-methyl/N-ethyl adjacent to an activating group) is 1. The van der Waals surface area contributed by atoms with E-state index < -0.39 is 5.41 Å². The maximum atomic E-state index is 13.1. The molecule has 1 spiro atoms. The van der Waals surface area contributed by atoms with Crippen molar-refractivity contribution >= 4 is 5.91 Å². The van der Waals surface area contributed by atoms with Gasteiger partial charge in [0, 0.05) is 18.7 Å². The number of carbonyl (C=O) groups excluding carboxylic acids is 1. The lowest BCUT2D eigenvalue weighted by Crippen LogP contribution is -2.38. The Labute approximate surface area is 147 Å². The van der Waals surface area contributed by atoms with Gasteiger partial charge in [-0.2, -0.15) is 0 Å². The van der Waals surface area contributed by atoms with Crippen LogP contribution in [0, 0.1) is 0 Å². The normalized spacial score (nSPS) is 27.3. The predicted octanol–water partition coefficient (Wildman–Crippen LogP) is 2.96. The Bertz CT molecular complexity index is 823. The Kier molecular flexibility index (Phi) is 3.60. The van der Waals surface area contributed by atoms with Crippen molar-refractivity contribution in [1.29, 1.82) is 0 Å². The highest BCUT2D eigenvalue weighted by Gasteiger charge is 2.59. The van der Waals surface area contributed by atoms with Crippen LogP contribution in [0.1, 0.15) is 19.4 Å². The fourth-order valence-electron chi connectivity index (χ4n) is 3.93. The van der Waals surface area contributed by atoms with E-state index in [1.807, 2.05) is 63.4 Å². The largest absolute Gasteiger partial charge is 0.491 e. The first-order chi connectivity index (χ1) is 12.2. The minimum absolute atomic E-state index is 0.0440. The van der Waals surface area contributed by atoms with Crippen molar-refractivity contribution in [3.05, 3.63) is 53.6 Å². The van der Waals surface area contributed by atoms with Gasteiger partial charge in [0.2, 0.25) is 12.7 Å². The van der Waals surface area contributed by atoms with E-state index in [1.165, 1.54) is 0 Å². The number of allylic oxidation sites excluding steroid dienone is 4. The van der Waals surface area contributed by atoms with Gasteiger partial charge in [-0.25, -0.2) is 0 Å². The zero-order chi connectivity index (χ0) is 17.6. The second-order valence-electron chi connectivity index (χ2n) is 6.15. The number of benzene rings is 1. The number of fused-ring (bicyclic) bond motifs is 5. The molecule has 1 amide bonds. The molecule has 0 saturated carbocycles. The highest BCUT2D eigenvalue weighted by molar-refractivity contribution is 5.98. The maximum absolute atomic E-state index is 13.1. The monoisotopic (exact) mass is 339 g/mol. The maximum Gasteiger partial charge on any atom is 0.241 e. The predicted molar refractivity (Wildman–Crippen MR) is 94.0 cm³/mol. The molecule has 3 heterocycles. The summed E-state index contributed by atoms with van der Waals surface area (Å²) in [5, 5.41) is 0. The standard InChI is InChI=1S/C18H15NO4.C2H6/c1-19-13-6-4-2-3-5-11(13)18(17(19)20)9-21-14-8-16-15(7-12(14)18)22-10-23-16;1-2/h2-8,13H,9-10H2,1H3;1-2H3. The Morgan fingerprint density at radius 2 is 1.80 bits per heavy atom. The molecule has 2 atom stereocenters. The minimum Gasteiger partial charge on any atom is -0.491 e. The topological polar surface area (TPSA) is 48.0 Å². The molecule has 25 heavy (non-hydrogen) atoms. The van der Waals surface area contributed by atoms with E-state index in [1.54, 1.807) is 4.90 Å². The van der Waals surface area contributed by atoms with Gasteiger partial charge in [0.25, 0.3) is 0 Å². The van der Waals surface area contributed by atoms with Gasteiger partial charge in [0.05, 0.1) is 6.04 Å². The second-order valence-corrected chi connectivity index (χ2v) is 6.15. The molecule has 1 aromatic rings. The Hall–Kier alpha value is -2.69. The van der Waals surface area contributed by atoms with Gasteiger partial charge in [-0.3, -0.25) is 4.79 Å². The summed E-state index contributed by atoms with van der Waals surface area (Å²) in [4.78, 5) is 14.9. The molecule has 5 nitrogen and oxygen atoms in total. The first kappa shape index (κ1) is 15.8. The molecule has 1 aliphatic carbocycles. The van der Waals surface area contributed by atoms with Crippen LogP contribution in [0.25, 0.3) is 0 Å². The average Bonchev–Trinajstić information content (AvgIpc) is 3.22. The van der Waals surface area contributed by atoms with Crippen LogP contribution < -0.4 is 14.2 Å². The van der Waals surface area contributed by atoms with Crippen LogP contribution in [-0.2, 0) is 10.2 Å². The van der Waals surface area contributed by atoms with Crippen molar-refractivity contribution in [2.75, 3.05) is 20.4 Å². The average molecular weight is 339 g/mol. The van der Waals surface area contributed by atoms with Crippen LogP contribution >= 0.6 is 0 Å². The number of ether oxygens (including phenoxy) is 3. The molecule has 130 valence electrons. The smallest absolute Gasteiger partial charge is 0.241 e. The van der Waals surface area contributed by atoms with E-state index in [4.69, 9.17) is 14.2 Å². The fourth-order valence-corrected chi connectivity index (χ4v) is 3.93. The lowest BCUT2D eigenvalue weighted by molar-refractivity contribution is -0.131. The third-order valence-electron chi connectivity index (χ3n) is 5.08. The molecule has 1 aromatic carbocycles. The van der Waals surface area contributed by atoms with Crippen LogP contribution in [0.15, 0.2) is 48.1 Å². The van der Waals surface area contributed by atoms with Crippen molar-refractivity contribution < 1.29 is 19.0 Å². The zero-order valence-corrected chi connectivity index (χ0v) is 14.6. The summed E-state index contributed by atoms with van der Waals surface area (Å²) in [6, 6.07) is 3.69. The van der Waals surface area contributed by atoms with Gasteiger partial charge >= 0.3 is 0 Å². The van der Waals surface area contributed by atoms with Gasteiger partial charge in [-0.1, -0.05) is 44.2 Å². The lowest BCUT2D eigenvalue weighted by Gasteiger charge is -2.21. The number of rotatable bonds is 0. The number of amides is 1. The number of nitrogens with zero attached hydrogens (tertiary/aromatic N) is 1. The van der Waals surface area contributed by atoms with E-state index in [9.17, 15) is 4.79 Å². The van der Waals surface area contributed by atoms with Crippen LogP contribution in [0.5, 0.6) is 17.2 Å². The number of hydrogen-bond acceptors (Lipinski definition) is 4. The molecule has 4 aliphatic rings. The molecule has 0 radical (unpaired) electrons. The van der Waals surface area contributed by atoms with Gasteiger partial charge < -0.3 is 19.1 Å². The molecule has 0 N–H and O–H groups in total. The number of carbonyl (C=O) groups is 1. The van der Waals surface area contributed by atoms with Crippen LogP contribution in [0.3, 0.4) is 0 Å². The zero-order valence-electron chi connectivity index (χ0n) is 14.6. The highest BCUT2D eigenvalue weighted by atomic mass is 16.7. The molecule has 0 aromatic heterocycles. The molecule has 1 saturated heterocycles. The summed E-state index contributed by atoms with van der Waals surface area (Å²) in [7, 11) is 1.84. The van der Waals surface area contributed by atoms with Crippen molar-refractivity contribution in [2.24, 2.45) is 0 Å². The van der Waals surface area contributed by atoms with Crippen molar-refractivity contribution in [3.63, 3.8) is 0 Å². The summed E-state index contributed by atoms with van der Waals surface area (Å²) >= 11 is 0. The van der Waals surface area contributed by atoms with E-state index in [2.05, 4.69) is 0 Å². The second kappa shape index (κ2) is 5.69. The summed E-state index contributed by atoms with van der Waals surface area (Å²) in [5.74, 6) is 2.11. The first-order valence-electron chi connectivity index (χ1n) is 8.61. The van der Waals surface area contributed by atoms with E-state index in [0.29, 0.717) is 23.9 Å². The Morgan fingerprint density at radius 1 is 1.04 bits per heavy atom. The van der Waals surface area contributed by atoms with Gasteiger partial charge in [-0.15, -0.1) is 0 Å². The SMILES string of the molecule is CC.CN1C(=O)C2(COc3cc4c(cc32)OCO4)C2=CC=CC=CC21. The van der Waals surface area contributed by atoms with Gasteiger partial charge in [-0.05, 0) is 11.6 Å². The van der Waals surface area contributed by atoms with Crippen molar-refractivity contribution in [2.45, 2.75) is 25.3 Å². The summed E-state index contributed by atoms with van der Waals surface area (Å²) in [6.45, 7) is 4.52. The van der Waals surface area contributed by atoms with Crippen LogP contribution in [0.4, 0.5) is 0 Å². The third-order valence-corrected chi connectivity index (χ3v) is 5.08. The highest BCUT2D eigenvalue weighted by Crippen LogP contribution is 2.54. The fraction of sp³-hybridized carbons (Fsp3) is 0.350. The Morgan fingerprint density at radius 3 is 2.60 bits per heavy atom. The van der Waals surface area contributed by atoms with Gasteiger partial charge in [0.1, 0.15) is 17.8 Å². The Balaban J connectivity index is 0.000000758. The third kappa shape index (κ3) is 1.98. The molecule has 5 rings (SSSR count). The van der Waals surface area contributed by atoms with Crippen LogP contribution in [0.2, 0.25) is 0 Å².